The molecule has 0 spiro atoms. The predicted molar refractivity (Wildman–Crippen MR) is 33.1 cm³/mol. The molecule has 1 heterocycles. The fourth-order valence-corrected chi connectivity index (χ4v) is 0.739. The summed E-state index contributed by atoms with van der Waals surface area (Å²) in [7, 11) is 1.51. The first-order valence-corrected chi connectivity index (χ1v) is 3.04. The fourth-order valence-electron chi connectivity index (χ4n) is 0.739. The Morgan fingerprint density at radius 2 is 2.60 bits per heavy atom. The van der Waals surface area contributed by atoms with Crippen LogP contribution in [0.25, 0.3) is 0 Å². The minimum atomic E-state index is -0.544. The van der Waals surface area contributed by atoms with E-state index in [1.807, 2.05) is 0 Å². The van der Waals surface area contributed by atoms with Gasteiger partial charge in [0, 0.05) is 7.05 Å². The number of urea groups is 1. The Kier molecular flexibility index (Phi) is 2.08. The van der Waals surface area contributed by atoms with E-state index >= 15 is 0 Å². The van der Waals surface area contributed by atoms with Crippen molar-refractivity contribution in [3.63, 3.8) is 0 Å². The van der Waals surface area contributed by atoms with Crippen LogP contribution < -0.4 is 5.32 Å². The first kappa shape index (κ1) is 7.30. The average Bonchev–Trinajstić information content (AvgIpc) is 2.34. The Balaban J connectivity index is 2.37. The maximum atomic E-state index is 10.7. The molecular weight excluding hydrogens is 136 g/mol. The summed E-state index contributed by atoms with van der Waals surface area (Å²) < 4.78 is 0. The van der Waals surface area contributed by atoms with E-state index in [1.165, 1.54) is 7.05 Å². The number of aliphatic hydroxyl groups is 1. The Hall–Kier alpha value is -0.810. The smallest absolute Gasteiger partial charge is 0.341 e. The van der Waals surface area contributed by atoms with Crippen molar-refractivity contribution in [3.05, 3.63) is 0 Å². The number of aliphatic hydroxyl groups excluding tert-OH is 1. The second-order valence-electron chi connectivity index (χ2n) is 2.07. The molecule has 0 unspecified atom stereocenters. The minimum Gasteiger partial charge on any atom is -0.389 e. The van der Waals surface area contributed by atoms with Gasteiger partial charge in [0.1, 0.15) is 12.7 Å². The summed E-state index contributed by atoms with van der Waals surface area (Å²) in [5, 5.41) is 12.4. The van der Waals surface area contributed by atoms with Crippen LogP contribution in [-0.2, 0) is 4.84 Å². The van der Waals surface area contributed by atoms with Gasteiger partial charge in [0.15, 0.2) is 0 Å². The molecule has 1 aliphatic rings. The van der Waals surface area contributed by atoms with Crippen molar-refractivity contribution in [3.8, 4) is 0 Å². The van der Waals surface area contributed by atoms with Crippen molar-refractivity contribution in [1.29, 1.82) is 0 Å². The second-order valence-corrected chi connectivity index (χ2v) is 2.07. The van der Waals surface area contributed by atoms with Crippen LogP contribution in [0.5, 0.6) is 0 Å². The Labute approximate surface area is 58.5 Å². The third-order valence-electron chi connectivity index (χ3n) is 1.24. The molecule has 1 aliphatic heterocycles. The standard InChI is InChI=1S/C5H10N2O3/c1-6-5(9)7-2-4(8)3-10-7/h4,8H,2-3H2,1H3,(H,6,9)/t4-/m0/s1. The van der Waals surface area contributed by atoms with Crippen LogP contribution in [0, 0.1) is 0 Å². The molecule has 1 rings (SSSR count). The fraction of sp³-hybridized carbons (Fsp3) is 0.800. The average molecular weight is 146 g/mol. The molecule has 0 aromatic carbocycles. The first-order valence-electron chi connectivity index (χ1n) is 3.04. The summed E-state index contributed by atoms with van der Waals surface area (Å²) in [5.74, 6) is 0. The van der Waals surface area contributed by atoms with Crippen LogP contribution in [0.3, 0.4) is 0 Å². The molecule has 0 saturated carbocycles. The van der Waals surface area contributed by atoms with Gasteiger partial charge in [-0.25, -0.2) is 9.86 Å². The highest BCUT2D eigenvalue weighted by atomic mass is 16.7. The van der Waals surface area contributed by atoms with Gasteiger partial charge in [-0.1, -0.05) is 0 Å². The number of carbonyl (C=O) groups excluding carboxylic acids is 1. The molecule has 2 N–H and O–H groups in total. The topological polar surface area (TPSA) is 61.8 Å². The monoisotopic (exact) mass is 146 g/mol. The zero-order valence-corrected chi connectivity index (χ0v) is 5.70. The molecule has 5 nitrogen and oxygen atoms in total. The lowest BCUT2D eigenvalue weighted by atomic mass is 10.4. The minimum absolute atomic E-state index is 0.202. The van der Waals surface area contributed by atoms with E-state index in [1.54, 1.807) is 0 Å². The van der Waals surface area contributed by atoms with Crippen molar-refractivity contribution in [2.45, 2.75) is 6.10 Å². The summed E-state index contributed by atoms with van der Waals surface area (Å²) >= 11 is 0. The maximum Gasteiger partial charge on any atom is 0.341 e. The van der Waals surface area contributed by atoms with Gasteiger partial charge in [0.05, 0.1) is 6.54 Å². The molecule has 10 heavy (non-hydrogen) atoms. The number of hydrogen-bond acceptors (Lipinski definition) is 3. The highest BCUT2D eigenvalue weighted by Gasteiger charge is 2.24. The zero-order chi connectivity index (χ0) is 7.56. The van der Waals surface area contributed by atoms with Gasteiger partial charge in [-0.3, -0.25) is 4.84 Å². The lowest BCUT2D eigenvalue weighted by Gasteiger charge is -2.11. The van der Waals surface area contributed by atoms with Crippen LogP contribution in [0.15, 0.2) is 0 Å². The number of carbonyl (C=O) groups is 1. The van der Waals surface area contributed by atoms with Gasteiger partial charge in [-0.05, 0) is 0 Å². The molecule has 2 amide bonds. The summed E-state index contributed by atoms with van der Waals surface area (Å²) in [4.78, 5) is 15.5. The number of nitrogens with zero attached hydrogens (tertiary/aromatic N) is 1. The lowest BCUT2D eigenvalue weighted by Crippen LogP contribution is -2.35. The highest BCUT2D eigenvalue weighted by molar-refractivity contribution is 5.72. The van der Waals surface area contributed by atoms with Gasteiger partial charge >= 0.3 is 6.03 Å². The molecule has 0 bridgehead atoms. The van der Waals surface area contributed by atoms with E-state index in [2.05, 4.69) is 5.32 Å². The van der Waals surface area contributed by atoms with E-state index in [0.717, 1.165) is 5.06 Å². The van der Waals surface area contributed by atoms with E-state index < -0.39 is 6.10 Å². The molecule has 0 aromatic heterocycles. The third kappa shape index (κ3) is 1.37. The molecule has 0 radical (unpaired) electrons. The van der Waals surface area contributed by atoms with E-state index in [0.29, 0.717) is 0 Å². The quantitative estimate of drug-likeness (QED) is 0.457. The van der Waals surface area contributed by atoms with Gasteiger partial charge in [0.25, 0.3) is 0 Å². The van der Waals surface area contributed by atoms with Gasteiger partial charge < -0.3 is 10.4 Å². The second kappa shape index (κ2) is 2.85. The molecule has 0 aliphatic carbocycles. The molecule has 1 saturated heterocycles. The Bertz CT molecular complexity index is 139. The summed E-state index contributed by atoms with van der Waals surface area (Å²) in [6.07, 6.45) is -0.544. The molecule has 58 valence electrons. The van der Waals surface area contributed by atoms with Crippen LogP contribution in [-0.4, -0.2) is 42.5 Å². The number of hydrogen-bond donors (Lipinski definition) is 2. The van der Waals surface area contributed by atoms with Crippen molar-refractivity contribution in [2.75, 3.05) is 20.2 Å². The van der Waals surface area contributed by atoms with Crippen molar-refractivity contribution in [2.24, 2.45) is 0 Å². The third-order valence-corrected chi connectivity index (χ3v) is 1.24. The van der Waals surface area contributed by atoms with Crippen LogP contribution in [0.2, 0.25) is 0 Å². The molecule has 1 atom stereocenters. The van der Waals surface area contributed by atoms with Crippen LogP contribution in [0.4, 0.5) is 4.79 Å². The SMILES string of the molecule is CNC(=O)N1C[C@H](O)CO1. The molecular formula is C5H10N2O3. The van der Waals surface area contributed by atoms with Crippen LogP contribution >= 0.6 is 0 Å². The Morgan fingerprint density at radius 3 is 3.00 bits per heavy atom. The number of β-amino-alcohol motifs (C(OH)–C–C–N with tert-alkyl or cyclic N) is 1. The zero-order valence-electron chi connectivity index (χ0n) is 5.70. The highest BCUT2D eigenvalue weighted by Crippen LogP contribution is 2.04. The number of hydroxylamine groups is 2. The Morgan fingerprint density at radius 1 is 1.90 bits per heavy atom. The van der Waals surface area contributed by atoms with E-state index in [9.17, 15) is 4.79 Å². The predicted octanol–water partition coefficient (Wildman–Crippen LogP) is -1.07. The summed E-state index contributed by atoms with van der Waals surface area (Å²) in [5.41, 5.74) is 0. The molecule has 0 aromatic rings. The van der Waals surface area contributed by atoms with E-state index in [4.69, 9.17) is 9.94 Å². The summed E-state index contributed by atoms with van der Waals surface area (Å²) in [6.45, 7) is 0.451. The lowest BCUT2D eigenvalue weighted by molar-refractivity contribution is -0.0672. The normalized spacial score (nSPS) is 25.0. The van der Waals surface area contributed by atoms with Gasteiger partial charge in [0.2, 0.25) is 0 Å². The first-order chi connectivity index (χ1) is 4.74. The van der Waals surface area contributed by atoms with Crippen molar-refractivity contribution in [1.82, 2.24) is 10.4 Å². The number of amides is 2. The van der Waals surface area contributed by atoms with Crippen molar-refractivity contribution >= 4 is 6.03 Å². The number of rotatable bonds is 0. The van der Waals surface area contributed by atoms with Gasteiger partial charge in [-0.2, -0.15) is 0 Å². The maximum absolute atomic E-state index is 10.7. The molecule has 5 heteroatoms. The molecule has 1 fully saturated rings. The largest absolute Gasteiger partial charge is 0.389 e. The van der Waals surface area contributed by atoms with E-state index in [-0.39, 0.29) is 19.2 Å². The number of nitrogens with one attached hydrogen (secondary N) is 1. The van der Waals surface area contributed by atoms with Crippen molar-refractivity contribution < 1.29 is 14.7 Å². The van der Waals surface area contributed by atoms with Crippen LogP contribution in [0.1, 0.15) is 0 Å². The van der Waals surface area contributed by atoms with Gasteiger partial charge in [-0.15, -0.1) is 0 Å². The summed E-state index contributed by atoms with van der Waals surface area (Å²) in [6, 6.07) is -0.323.